The lowest BCUT2D eigenvalue weighted by Gasteiger charge is -2.13. The van der Waals surface area contributed by atoms with Crippen molar-refractivity contribution in [3.63, 3.8) is 0 Å². The Labute approximate surface area is 195 Å². The quantitative estimate of drug-likeness (QED) is 0.210. The van der Waals surface area contributed by atoms with Crippen molar-refractivity contribution in [2.24, 2.45) is 4.99 Å². The molecule has 0 radical (unpaired) electrons. The third kappa shape index (κ3) is 5.33. The summed E-state index contributed by atoms with van der Waals surface area (Å²) in [5.41, 5.74) is 3.95. The van der Waals surface area contributed by atoms with E-state index in [0.717, 1.165) is 16.8 Å². The summed E-state index contributed by atoms with van der Waals surface area (Å²) in [7, 11) is -2.58. The van der Waals surface area contributed by atoms with Crippen molar-refractivity contribution < 1.29 is 17.3 Å². The van der Waals surface area contributed by atoms with Gasteiger partial charge in [-0.25, -0.2) is 0 Å². The Balaban J connectivity index is 1.91. The van der Waals surface area contributed by atoms with Crippen LogP contribution in [-0.4, -0.2) is 21.7 Å². The number of aliphatic imine (C=N–C) groups is 1. The minimum atomic E-state index is -4.04. The average Bonchev–Trinajstić information content (AvgIpc) is 2.70. The molecule has 3 rings (SSSR count). The molecule has 0 aromatic heterocycles. The van der Waals surface area contributed by atoms with E-state index in [9.17, 15) is 8.42 Å². The largest absolute Gasteiger partial charge is 0.493 e. The fourth-order valence-corrected chi connectivity index (χ4v) is 4.58. The molecule has 0 bridgehead atoms. The first-order chi connectivity index (χ1) is 14.2. The SMILES string of the molecule is COc1cc(C=Nc2ccc(C)c(C)c2)cc(I)c1OS(=O)(=O)c1ccc(Cl)cc1. The molecule has 0 heterocycles. The zero-order chi connectivity index (χ0) is 21.9. The topological polar surface area (TPSA) is 65.0 Å². The number of methoxy groups -OCH3 is 1. The van der Waals surface area contributed by atoms with Crippen LogP contribution in [0.25, 0.3) is 0 Å². The molecule has 0 N–H and O–H groups in total. The second-order valence-corrected chi connectivity index (χ2v) is 9.70. The third-order valence-electron chi connectivity index (χ3n) is 4.40. The molecule has 5 nitrogen and oxygen atoms in total. The van der Waals surface area contributed by atoms with Crippen molar-refractivity contribution in [3.05, 3.63) is 79.9 Å². The average molecular weight is 556 g/mol. The Bertz CT molecular complexity index is 1210. The molecule has 0 fully saturated rings. The van der Waals surface area contributed by atoms with E-state index in [1.54, 1.807) is 18.3 Å². The van der Waals surface area contributed by atoms with Gasteiger partial charge in [0.15, 0.2) is 11.5 Å². The molecule has 0 unspecified atom stereocenters. The molecule has 8 heteroatoms. The van der Waals surface area contributed by atoms with Gasteiger partial charge in [0, 0.05) is 11.2 Å². The van der Waals surface area contributed by atoms with E-state index in [1.807, 2.05) is 54.6 Å². The predicted octanol–water partition coefficient (Wildman–Crippen LogP) is 6.09. The molecule has 0 aliphatic carbocycles. The summed E-state index contributed by atoms with van der Waals surface area (Å²) in [6, 6.07) is 15.2. The zero-order valence-corrected chi connectivity index (χ0v) is 20.2. The predicted molar refractivity (Wildman–Crippen MR) is 128 cm³/mol. The maximum absolute atomic E-state index is 12.6. The number of nitrogens with zero attached hydrogens (tertiary/aromatic N) is 1. The highest BCUT2D eigenvalue weighted by Crippen LogP contribution is 2.36. The van der Waals surface area contributed by atoms with Crippen molar-refractivity contribution in [1.29, 1.82) is 0 Å². The number of hydrogen-bond donors (Lipinski definition) is 0. The second-order valence-electron chi connectivity index (χ2n) is 6.55. The van der Waals surface area contributed by atoms with Crippen molar-refractivity contribution in [2.75, 3.05) is 7.11 Å². The Kier molecular flexibility index (Phi) is 7.05. The van der Waals surface area contributed by atoms with E-state index in [4.69, 9.17) is 20.5 Å². The molecule has 0 amide bonds. The summed E-state index contributed by atoms with van der Waals surface area (Å²) in [5.74, 6) is 0.414. The fourth-order valence-electron chi connectivity index (χ4n) is 2.61. The standard InChI is InChI=1S/C22H19ClINO4S/c1-14-4-7-18(10-15(14)2)25-13-16-11-20(24)22(21(12-16)28-3)29-30(26,27)19-8-5-17(23)6-9-19/h4-13H,1-3H3. The fraction of sp³-hybridized carbons (Fsp3) is 0.136. The number of benzene rings is 3. The summed E-state index contributed by atoms with van der Waals surface area (Å²) < 4.78 is 36.6. The van der Waals surface area contributed by atoms with Gasteiger partial charge in [0.05, 0.1) is 16.4 Å². The normalized spacial score (nSPS) is 11.6. The van der Waals surface area contributed by atoms with Crippen LogP contribution in [0.1, 0.15) is 16.7 Å². The van der Waals surface area contributed by atoms with Gasteiger partial charge in [-0.1, -0.05) is 17.7 Å². The van der Waals surface area contributed by atoms with E-state index >= 15 is 0 Å². The van der Waals surface area contributed by atoms with Crippen LogP contribution in [0.2, 0.25) is 5.02 Å². The van der Waals surface area contributed by atoms with Crippen LogP contribution in [0.5, 0.6) is 11.5 Å². The second kappa shape index (κ2) is 9.36. The van der Waals surface area contributed by atoms with Crippen molar-refractivity contribution in [1.82, 2.24) is 0 Å². The third-order valence-corrected chi connectivity index (χ3v) is 6.69. The van der Waals surface area contributed by atoms with Crippen LogP contribution < -0.4 is 8.92 Å². The van der Waals surface area contributed by atoms with Crippen LogP contribution in [0, 0.1) is 17.4 Å². The van der Waals surface area contributed by atoms with E-state index < -0.39 is 10.1 Å². The summed E-state index contributed by atoms with van der Waals surface area (Å²) in [5, 5.41) is 0.438. The molecular weight excluding hydrogens is 537 g/mol. The van der Waals surface area contributed by atoms with Gasteiger partial charge in [0.1, 0.15) is 4.90 Å². The van der Waals surface area contributed by atoms with Crippen LogP contribution in [0.4, 0.5) is 5.69 Å². The Hall–Kier alpha value is -2.10. The highest BCUT2D eigenvalue weighted by Gasteiger charge is 2.22. The minimum absolute atomic E-state index is 0.00475. The summed E-state index contributed by atoms with van der Waals surface area (Å²) in [4.78, 5) is 4.50. The molecular formula is C22H19ClINO4S. The molecule has 156 valence electrons. The van der Waals surface area contributed by atoms with Crippen LogP contribution >= 0.6 is 34.2 Å². The Morgan fingerprint density at radius 1 is 1.00 bits per heavy atom. The summed E-state index contributed by atoms with van der Waals surface area (Å²) >= 11 is 7.84. The van der Waals surface area contributed by atoms with Gasteiger partial charge in [-0.3, -0.25) is 4.99 Å². The highest BCUT2D eigenvalue weighted by molar-refractivity contribution is 14.1. The van der Waals surface area contributed by atoms with Gasteiger partial charge in [-0.15, -0.1) is 0 Å². The molecule has 0 saturated carbocycles. The molecule has 0 aliphatic rings. The maximum atomic E-state index is 12.6. The van der Waals surface area contributed by atoms with Crippen LogP contribution in [0.3, 0.4) is 0 Å². The van der Waals surface area contributed by atoms with Crippen LogP contribution in [0.15, 0.2) is 64.5 Å². The molecule has 0 saturated heterocycles. The van der Waals surface area contributed by atoms with E-state index in [2.05, 4.69) is 4.99 Å². The smallest absolute Gasteiger partial charge is 0.339 e. The Morgan fingerprint density at radius 2 is 1.70 bits per heavy atom. The van der Waals surface area contributed by atoms with Gasteiger partial charge in [-0.2, -0.15) is 8.42 Å². The van der Waals surface area contributed by atoms with Gasteiger partial charge in [0.25, 0.3) is 0 Å². The zero-order valence-electron chi connectivity index (χ0n) is 16.5. The molecule has 0 aliphatic heterocycles. The molecule has 3 aromatic carbocycles. The summed E-state index contributed by atoms with van der Waals surface area (Å²) in [6.07, 6.45) is 1.70. The number of halogens is 2. The number of aryl methyl sites for hydroxylation is 2. The Morgan fingerprint density at radius 3 is 2.33 bits per heavy atom. The van der Waals surface area contributed by atoms with Gasteiger partial charge in [-0.05, 0) is 102 Å². The van der Waals surface area contributed by atoms with Gasteiger partial charge in [0.2, 0.25) is 0 Å². The lowest BCUT2D eigenvalue weighted by Crippen LogP contribution is -2.11. The van der Waals surface area contributed by atoms with E-state index in [1.165, 1.54) is 36.9 Å². The molecule has 0 atom stereocenters. The maximum Gasteiger partial charge on any atom is 0.339 e. The molecule has 30 heavy (non-hydrogen) atoms. The summed E-state index contributed by atoms with van der Waals surface area (Å²) in [6.45, 7) is 4.08. The first-order valence-corrected chi connectivity index (χ1v) is 11.7. The minimum Gasteiger partial charge on any atom is -0.493 e. The lowest BCUT2D eigenvalue weighted by atomic mass is 10.1. The number of hydrogen-bond acceptors (Lipinski definition) is 5. The van der Waals surface area contributed by atoms with Gasteiger partial charge >= 0.3 is 10.1 Å². The van der Waals surface area contributed by atoms with E-state index in [0.29, 0.717) is 14.3 Å². The van der Waals surface area contributed by atoms with Gasteiger partial charge < -0.3 is 8.92 Å². The van der Waals surface area contributed by atoms with E-state index in [-0.39, 0.29) is 10.6 Å². The monoisotopic (exact) mass is 555 g/mol. The highest BCUT2D eigenvalue weighted by atomic mass is 127. The van der Waals surface area contributed by atoms with Crippen molar-refractivity contribution in [2.45, 2.75) is 18.7 Å². The number of rotatable bonds is 6. The van der Waals surface area contributed by atoms with Crippen LogP contribution in [-0.2, 0) is 10.1 Å². The molecule has 3 aromatic rings. The van der Waals surface area contributed by atoms with Crippen molar-refractivity contribution in [3.8, 4) is 11.5 Å². The lowest BCUT2D eigenvalue weighted by molar-refractivity contribution is 0.389. The first kappa shape index (κ1) is 22.6. The van der Waals surface area contributed by atoms with Crippen molar-refractivity contribution >= 4 is 56.2 Å². The number of ether oxygens (including phenoxy) is 1. The first-order valence-electron chi connectivity index (χ1n) is 8.88. The molecule has 0 spiro atoms.